The lowest BCUT2D eigenvalue weighted by atomic mass is 10.1. The highest BCUT2D eigenvalue weighted by Crippen LogP contribution is 2.13. The molecule has 0 heterocycles. The lowest BCUT2D eigenvalue weighted by Crippen LogP contribution is -2.05. The van der Waals surface area contributed by atoms with Gasteiger partial charge >= 0.3 is 11.9 Å². The molecule has 0 fully saturated rings. The van der Waals surface area contributed by atoms with Gasteiger partial charge in [-0.05, 0) is 31.0 Å². The zero-order chi connectivity index (χ0) is 14.8. The Hall–Kier alpha value is -2.12. The standard InChI is InChI=1S/C8H7NO4.C4H10O2/c9-6-3-4(7(10)11)1-2-5(6)8(12)13;5-3-1-2-4-6/h1-3H,9H2,(H,10,11)(H,12,13);5-6H,1-4H2. The maximum Gasteiger partial charge on any atom is 0.337 e. The number of unbranched alkanes of at least 4 members (excludes halogenated alkanes) is 1. The molecule has 0 spiro atoms. The molecule has 7 heteroatoms. The fourth-order valence-corrected chi connectivity index (χ4v) is 1.11. The summed E-state index contributed by atoms with van der Waals surface area (Å²) in [5.74, 6) is -2.31. The van der Waals surface area contributed by atoms with Crippen LogP contribution in [0.1, 0.15) is 33.6 Å². The molecule has 1 aromatic rings. The van der Waals surface area contributed by atoms with Crippen LogP contribution in [0.4, 0.5) is 5.69 Å². The Labute approximate surface area is 109 Å². The fraction of sp³-hybridized carbons (Fsp3) is 0.333. The van der Waals surface area contributed by atoms with Gasteiger partial charge in [-0.1, -0.05) is 0 Å². The molecule has 0 radical (unpaired) electrons. The molecule has 19 heavy (non-hydrogen) atoms. The van der Waals surface area contributed by atoms with Crippen molar-refractivity contribution in [2.45, 2.75) is 12.8 Å². The SMILES string of the molecule is Nc1cc(C(=O)O)ccc1C(=O)O.OCCCCO. The molecule has 1 rings (SSSR count). The van der Waals surface area contributed by atoms with E-state index in [9.17, 15) is 9.59 Å². The Morgan fingerprint density at radius 2 is 1.53 bits per heavy atom. The number of nitrogen functional groups attached to an aromatic ring is 1. The Balaban J connectivity index is 0.000000459. The van der Waals surface area contributed by atoms with Gasteiger partial charge in [0.1, 0.15) is 0 Å². The predicted octanol–water partition coefficient (Wildman–Crippen LogP) is 0.416. The average Bonchev–Trinajstić information content (AvgIpc) is 2.36. The van der Waals surface area contributed by atoms with Crippen molar-refractivity contribution in [1.29, 1.82) is 0 Å². The van der Waals surface area contributed by atoms with Crippen LogP contribution in [0, 0.1) is 0 Å². The van der Waals surface area contributed by atoms with Crippen molar-refractivity contribution in [2.24, 2.45) is 0 Å². The van der Waals surface area contributed by atoms with Crippen LogP contribution < -0.4 is 5.73 Å². The predicted molar refractivity (Wildman–Crippen MR) is 68.2 cm³/mol. The molecule has 0 saturated carbocycles. The third-order valence-corrected chi connectivity index (χ3v) is 2.10. The van der Waals surface area contributed by atoms with Gasteiger partial charge in [0.05, 0.1) is 11.1 Å². The summed E-state index contributed by atoms with van der Waals surface area (Å²) in [6, 6.07) is 3.48. The number of aromatic carboxylic acids is 2. The van der Waals surface area contributed by atoms with E-state index in [0.717, 1.165) is 18.9 Å². The highest BCUT2D eigenvalue weighted by Gasteiger charge is 2.10. The van der Waals surface area contributed by atoms with Crippen molar-refractivity contribution in [1.82, 2.24) is 0 Å². The van der Waals surface area contributed by atoms with Crippen molar-refractivity contribution >= 4 is 17.6 Å². The highest BCUT2D eigenvalue weighted by atomic mass is 16.4. The Morgan fingerprint density at radius 3 is 1.84 bits per heavy atom. The first-order valence-electron chi connectivity index (χ1n) is 5.51. The molecule has 1 aromatic carbocycles. The summed E-state index contributed by atoms with van der Waals surface area (Å²) in [6.45, 7) is 0.390. The molecule has 0 aliphatic heterocycles. The number of aliphatic hydroxyl groups excluding tert-OH is 2. The van der Waals surface area contributed by atoms with Crippen LogP contribution in [0.5, 0.6) is 0 Å². The number of carboxylic acids is 2. The average molecular weight is 271 g/mol. The first-order valence-corrected chi connectivity index (χ1v) is 5.51. The van der Waals surface area contributed by atoms with E-state index in [1.54, 1.807) is 0 Å². The van der Waals surface area contributed by atoms with Crippen molar-refractivity contribution in [3.63, 3.8) is 0 Å². The quantitative estimate of drug-likeness (QED) is 0.386. The van der Waals surface area contributed by atoms with E-state index in [1.165, 1.54) is 12.1 Å². The maximum absolute atomic E-state index is 10.5. The summed E-state index contributed by atoms with van der Waals surface area (Å²) < 4.78 is 0. The molecule has 0 bridgehead atoms. The molecular weight excluding hydrogens is 254 g/mol. The number of hydrogen-bond acceptors (Lipinski definition) is 5. The van der Waals surface area contributed by atoms with E-state index in [1.807, 2.05) is 0 Å². The largest absolute Gasteiger partial charge is 0.478 e. The first kappa shape index (κ1) is 16.9. The van der Waals surface area contributed by atoms with E-state index >= 15 is 0 Å². The van der Waals surface area contributed by atoms with E-state index in [2.05, 4.69) is 0 Å². The smallest absolute Gasteiger partial charge is 0.337 e. The number of nitrogens with two attached hydrogens (primary N) is 1. The number of carboxylic acid groups (broad SMARTS) is 2. The summed E-state index contributed by atoms with van der Waals surface area (Å²) in [7, 11) is 0. The summed E-state index contributed by atoms with van der Waals surface area (Å²) in [4.78, 5) is 20.9. The molecule has 0 amide bonds. The van der Waals surface area contributed by atoms with Crippen molar-refractivity contribution in [3.05, 3.63) is 29.3 Å². The number of aliphatic hydroxyl groups is 2. The van der Waals surface area contributed by atoms with E-state index in [-0.39, 0.29) is 30.0 Å². The van der Waals surface area contributed by atoms with Crippen LogP contribution in [-0.2, 0) is 0 Å². The van der Waals surface area contributed by atoms with Crippen molar-refractivity contribution in [2.75, 3.05) is 18.9 Å². The Bertz CT molecular complexity index is 428. The lowest BCUT2D eigenvalue weighted by molar-refractivity contribution is 0.0682. The molecule has 106 valence electrons. The number of rotatable bonds is 5. The fourth-order valence-electron chi connectivity index (χ4n) is 1.11. The van der Waals surface area contributed by atoms with E-state index < -0.39 is 11.9 Å². The summed E-state index contributed by atoms with van der Waals surface area (Å²) in [5, 5.41) is 33.3. The topological polar surface area (TPSA) is 141 Å². The van der Waals surface area contributed by atoms with Crippen LogP contribution in [-0.4, -0.2) is 45.6 Å². The second-order valence-corrected chi connectivity index (χ2v) is 3.57. The third-order valence-electron chi connectivity index (χ3n) is 2.10. The van der Waals surface area contributed by atoms with Crippen LogP contribution in [0.3, 0.4) is 0 Å². The van der Waals surface area contributed by atoms with Gasteiger partial charge in [-0.2, -0.15) is 0 Å². The minimum atomic E-state index is -1.17. The maximum atomic E-state index is 10.5. The van der Waals surface area contributed by atoms with Gasteiger partial charge in [0.2, 0.25) is 0 Å². The van der Waals surface area contributed by atoms with Gasteiger partial charge in [-0.3, -0.25) is 0 Å². The summed E-state index contributed by atoms with van der Waals surface area (Å²) >= 11 is 0. The molecular formula is C12H17NO6. The minimum absolute atomic E-state index is 0.0255. The van der Waals surface area contributed by atoms with Gasteiger partial charge < -0.3 is 26.2 Å². The van der Waals surface area contributed by atoms with E-state index in [4.69, 9.17) is 26.2 Å². The molecule has 0 aliphatic rings. The van der Waals surface area contributed by atoms with Crippen LogP contribution in [0.2, 0.25) is 0 Å². The van der Waals surface area contributed by atoms with Crippen LogP contribution >= 0.6 is 0 Å². The minimum Gasteiger partial charge on any atom is -0.478 e. The molecule has 0 aromatic heterocycles. The molecule has 6 N–H and O–H groups in total. The lowest BCUT2D eigenvalue weighted by Gasteiger charge is -2.00. The first-order chi connectivity index (χ1) is 8.93. The highest BCUT2D eigenvalue weighted by molar-refractivity contribution is 5.96. The number of hydrogen-bond donors (Lipinski definition) is 5. The Kier molecular flexibility index (Phi) is 7.90. The van der Waals surface area contributed by atoms with Gasteiger partial charge in [0, 0.05) is 18.9 Å². The van der Waals surface area contributed by atoms with Gasteiger partial charge in [-0.15, -0.1) is 0 Å². The third kappa shape index (κ3) is 6.39. The summed E-state index contributed by atoms with van der Waals surface area (Å²) in [6.07, 6.45) is 1.44. The number of carbonyl (C=O) groups is 2. The molecule has 0 atom stereocenters. The Morgan fingerprint density at radius 1 is 1.00 bits per heavy atom. The monoisotopic (exact) mass is 271 g/mol. The van der Waals surface area contributed by atoms with Gasteiger partial charge in [0.25, 0.3) is 0 Å². The second kappa shape index (κ2) is 8.90. The number of benzene rings is 1. The summed E-state index contributed by atoms with van der Waals surface area (Å²) in [5.41, 5.74) is 5.15. The van der Waals surface area contributed by atoms with E-state index in [0.29, 0.717) is 0 Å². The van der Waals surface area contributed by atoms with Crippen LogP contribution in [0.25, 0.3) is 0 Å². The molecule has 0 saturated heterocycles. The normalized spacial score (nSPS) is 9.37. The van der Waals surface area contributed by atoms with Gasteiger partial charge in [-0.25, -0.2) is 9.59 Å². The second-order valence-electron chi connectivity index (χ2n) is 3.57. The van der Waals surface area contributed by atoms with Crippen molar-refractivity contribution < 1.29 is 30.0 Å². The molecule has 7 nitrogen and oxygen atoms in total. The zero-order valence-corrected chi connectivity index (χ0v) is 10.2. The zero-order valence-electron chi connectivity index (χ0n) is 10.2. The van der Waals surface area contributed by atoms with Crippen LogP contribution in [0.15, 0.2) is 18.2 Å². The molecule has 0 aliphatic carbocycles. The number of anilines is 1. The molecule has 0 unspecified atom stereocenters. The van der Waals surface area contributed by atoms with Crippen molar-refractivity contribution in [3.8, 4) is 0 Å². The van der Waals surface area contributed by atoms with Gasteiger partial charge in [0.15, 0.2) is 0 Å².